The maximum atomic E-state index is 11.7. The molecule has 1 heterocycles. The number of hydrogen-bond donors (Lipinski definition) is 2. The SMILES string of the molecule is C[C@H]1CCCCN1CCCNC(=O)NCc1ccccc1. The van der Waals surface area contributed by atoms with Crippen LogP contribution in [-0.4, -0.2) is 36.6 Å². The Morgan fingerprint density at radius 2 is 2.05 bits per heavy atom. The molecule has 1 saturated heterocycles. The molecular formula is C17H27N3O. The Balaban J connectivity index is 1.55. The van der Waals surface area contributed by atoms with Crippen molar-refractivity contribution in [1.29, 1.82) is 0 Å². The highest BCUT2D eigenvalue weighted by Gasteiger charge is 2.17. The molecule has 1 fully saturated rings. The summed E-state index contributed by atoms with van der Waals surface area (Å²) in [6.07, 6.45) is 5.00. The highest BCUT2D eigenvalue weighted by molar-refractivity contribution is 5.73. The maximum Gasteiger partial charge on any atom is 0.315 e. The van der Waals surface area contributed by atoms with Crippen LogP contribution in [0.5, 0.6) is 0 Å². The van der Waals surface area contributed by atoms with Gasteiger partial charge in [-0.1, -0.05) is 36.8 Å². The van der Waals surface area contributed by atoms with E-state index in [1.54, 1.807) is 0 Å². The lowest BCUT2D eigenvalue weighted by molar-refractivity contribution is 0.159. The smallest absolute Gasteiger partial charge is 0.315 e. The summed E-state index contributed by atoms with van der Waals surface area (Å²) in [5.74, 6) is 0. The van der Waals surface area contributed by atoms with Gasteiger partial charge in [0, 0.05) is 25.7 Å². The van der Waals surface area contributed by atoms with Gasteiger partial charge in [0.2, 0.25) is 0 Å². The Labute approximate surface area is 127 Å². The van der Waals surface area contributed by atoms with E-state index in [1.807, 2.05) is 30.3 Å². The Hall–Kier alpha value is -1.55. The van der Waals surface area contributed by atoms with Gasteiger partial charge in [0.25, 0.3) is 0 Å². The van der Waals surface area contributed by atoms with Gasteiger partial charge in [-0.2, -0.15) is 0 Å². The van der Waals surface area contributed by atoms with Gasteiger partial charge in [-0.3, -0.25) is 0 Å². The Kier molecular flexibility index (Phi) is 6.54. The second kappa shape index (κ2) is 8.67. The summed E-state index contributed by atoms with van der Waals surface area (Å²) in [4.78, 5) is 14.2. The topological polar surface area (TPSA) is 44.4 Å². The number of rotatable bonds is 6. The first-order chi connectivity index (χ1) is 10.3. The predicted octanol–water partition coefficient (Wildman–Crippen LogP) is 2.75. The highest BCUT2D eigenvalue weighted by atomic mass is 16.2. The van der Waals surface area contributed by atoms with Gasteiger partial charge in [0.1, 0.15) is 0 Å². The molecule has 0 radical (unpaired) electrons. The molecule has 1 aliphatic rings. The second-order valence-corrected chi connectivity index (χ2v) is 5.83. The molecule has 2 rings (SSSR count). The number of nitrogens with zero attached hydrogens (tertiary/aromatic N) is 1. The number of piperidine rings is 1. The van der Waals surface area contributed by atoms with Crippen LogP contribution >= 0.6 is 0 Å². The van der Waals surface area contributed by atoms with E-state index in [2.05, 4.69) is 22.5 Å². The molecule has 0 spiro atoms. The van der Waals surface area contributed by atoms with Crippen molar-refractivity contribution in [3.8, 4) is 0 Å². The third-order valence-corrected chi connectivity index (χ3v) is 4.14. The van der Waals surface area contributed by atoms with Gasteiger partial charge in [-0.15, -0.1) is 0 Å². The molecular weight excluding hydrogens is 262 g/mol. The van der Waals surface area contributed by atoms with Crippen molar-refractivity contribution in [3.63, 3.8) is 0 Å². The second-order valence-electron chi connectivity index (χ2n) is 5.83. The minimum absolute atomic E-state index is 0.0782. The van der Waals surface area contributed by atoms with Crippen molar-refractivity contribution in [2.75, 3.05) is 19.6 Å². The Morgan fingerprint density at radius 1 is 1.24 bits per heavy atom. The van der Waals surface area contributed by atoms with E-state index in [-0.39, 0.29) is 6.03 Å². The number of benzene rings is 1. The number of hydrogen-bond acceptors (Lipinski definition) is 2. The number of carbonyl (C=O) groups is 1. The summed E-state index contributed by atoms with van der Waals surface area (Å²) in [6.45, 7) is 5.92. The molecule has 2 amide bonds. The number of nitrogens with one attached hydrogen (secondary N) is 2. The van der Waals surface area contributed by atoms with Crippen molar-refractivity contribution < 1.29 is 4.79 Å². The third kappa shape index (κ3) is 5.76. The maximum absolute atomic E-state index is 11.7. The zero-order valence-corrected chi connectivity index (χ0v) is 13.0. The molecule has 1 aromatic carbocycles. The highest BCUT2D eigenvalue weighted by Crippen LogP contribution is 2.15. The summed E-state index contributed by atoms with van der Waals surface area (Å²) in [5, 5.41) is 5.81. The van der Waals surface area contributed by atoms with E-state index in [1.165, 1.54) is 25.8 Å². The lowest BCUT2D eigenvalue weighted by Gasteiger charge is -2.33. The average molecular weight is 289 g/mol. The summed E-state index contributed by atoms with van der Waals surface area (Å²) in [6, 6.07) is 10.6. The quantitative estimate of drug-likeness (QED) is 0.791. The molecule has 4 nitrogen and oxygen atoms in total. The summed E-state index contributed by atoms with van der Waals surface area (Å²) in [7, 11) is 0. The lowest BCUT2D eigenvalue weighted by Crippen LogP contribution is -2.40. The zero-order chi connectivity index (χ0) is 14.9. The van der Waals surface area contributed by atoms with E-state index in [0.29, 0.717) is 12.6 Å². The van der Waals surface area contributed by atoms with Crippen LogP contribution in [0.25, 0.3) is 0 Å². The van der Waals surface area contributed by atoms with Gasteiger partial charge in [-0.05, 0) is 38.3 Å². The molecule has 4 heteroatoms. The zero-order valence-electron chi connectivity index (χ0n) is 13.0. The summed E-state index contributed by atoms with van der Waals surface area (Å²) >= 11 is 0. The molecule has 0 unspecified atom stereocenters. The predicted molar refractivity (Wildman–Crippen MR) is 86.2 cm³/mol. The van der Waals surface area contributed by atoms with Gasteiger partial charge >= 0.3 is 6.03 Å². The fourth-order valence-electron chi connectivity index (χ4n) is 2.81. The first kappa shape index (κ1) is 15.8. The molecule has 0 saturated carbocycles. The van der Waals surface area contributed by atoms with E-state index >= 15 is 0 Å². The van der Waals surface area contributed by atoms with Crippen LogP contribution in [0.3, 0.4) is 0 Å². The van der Waals surface area contributed by atoms with E-state index in [9.17, 15) is 4.79 Å². The average Bonchev–Trinajstić information content (AvgIpc) is 2.52. The minimum Gasteiger partial charge on any atom is -0.338 e. The molecule has 1 aliphatic heterocycles. The first-order valence-electron chi connectivity index (χ1n) is 8.05. The van der Waals surface area contributed by atoms with Crippen molar-refractivity contribution in [2.45, 2.75) is 45.2 Å². The molecule has 0 aliphatic carbocycles. The van der Waals surface area contributed by atoms with E-state index in [0.717, 1.165) is 25.1 Å². The first-order valence-corrected chi connectivity index (χ1v) is 8.05. The van der Waals surface area contributed by atoms with Crippen molar-refractivity contribution in [1.82, 2.24) is 15.5 Å². The van der Waals surface area contributed by atoms with Gasteiger partial charge in [0.15, 0.2) is 0 Å². The van der Waals surface area contributed by atoms with Gasteiger partial charge < -0.3 is 15.5 Å². The molecule has 21 heavy (non-hydrogen) atoms. The van der Waals surface area contributed by atoms with Crippen molar-refractivity contribution >= 4 is 6.03 Å². The van der Waals surface area contributed by atoms with Gasteiger partial charge in [0.05, 0.1) is 0 Å². The number of urea groups is 1. The minimum atomic E-state index is -0.0782. The number of likely N-dealkylation sites (tertiary alicyclic amines) is 1. The van der Waals surface area contributed by atoms with E-state index < -0.39 is 0 Å². The van der Waals surface area contributed by atoms with E-state index in [4.69, 9.17) is 0 Å². The Morgan fingerprint density at radius 3 is 2.81 bits per heavy atom. The number of amides is 2. The Bertz CT molecular complexity index is 421. The van der Waals surface area contributed by atoms with Crippen LogP contribution < -0.4 is 10.6 Å². The third-order valence-electron chi connectivity index (χ3n) is 4.14. The van der Waals surface area contributed by atoms with Crippen LogP contribution in [0, 0.1) is 0 Å². The summed E-state index contributed by atoms with van der Waals surface area (Å²) in [5.41, 5.74) is 1.12. The molecule has 1 atom stereocenters. The molecule has 0 bridgehead atoms. The molecule has 2 N–H and O–H groups in total. The van der Waals surface area contributed by atoms with Crippen molar-refractivity contribution in [3.05, 3.63) is 35.9 Å². The van der Waals surface area contributed by atoms with Crippen LogP contribution in [0.15, 0.2) is 30.3 Å². The molecule has 116 valence electrons. The number of carbonyl (C=O) groups excluding carboxylic acids is 1. The lowest BCUT2D eigenvalue weighted by atomic mass is 10.0. The fraction of sp³-hybridized carbons (Fsp3) is 0.588. The summed E-state index contributed by atoms with van der Waals surface area (Å²) < 4.78 is 0. The standard InChI is InChI=1S/C17H27N3O/c1-15-8-5-6-12-20(15)13-7-11-18-17(21)19-14-16-9-3-2-4-10-16/h2-4,9-10,15H,5-8,11-14H2,1H3,(H2,18,19,21)/t15-/m0/s1. The van der Waals surface area contributed by atoms with Crippen LogP contribution in [0.1, 0.15) is 38.2 Å². The van der Waals surface area contributed by atoms with Gasteiger partial charge in [-0.25, -0.2) is 4.79 Å². The van der Waals surface area contributed by atoms with Crippen LogP contribution in [-0.2, 0) is 6.54 Å². The molecule has 1 aromatic rings. The van der Waals surface area contributed by atoms with Crippen LogP contribution in [0.2, 0.25) is 0 Å². The molecule has 0 aromatic heterocycles. The largest absolute Gasteiger partial charge is 0.338 e. The van der Waals surface area contributed by atoms with Crippen molar-refractivity contribution in [2.24, 2.45) is 0 Å². The van der Waals surface area contributed by atoms with Crippen LogP contribution in [0.4, 0.5) is 4.79 Å². The monoisotopic (exact) mass is 289 g/mol. The fourth-order valence-corrected chi connectivity index (χ4v) is 2.81. The normalized spacial score (nSPS) is 19.2.